The summed E-state index contributed by atoms with van der Waals surface area (Å²) in [5.74, 6) is 0.675. The van der Waals surface area contributed by atoms with E-state index in [9.17, 15) is 4.39 Å². The standard InChI is InChI=1S/C22H28FNO/c1-3-24(4-2)17-7-8-18-25-22-10-6-5-9-20(22)14-11-19-12-15-21(23)16-13-19/h5-6,9-16H,3-4,7-8,17-18H2,1-2H3/b14-11+. The molecule has 2 aromatic rings. The maximum atomic E-state index is 13.0. The van der Waals surface area contributed by atoms with Crippen LogP contribution < -0.4 is 4.74 Å². The van der Waals surface area contributed by atoms with E-state index in [1.807, 2.05) is 36.4 Å². The van der Waals surface area contributed by atoms with Crippen LogP contribution >= 0.6 is 0 Å². The van der Waals surface area contributed by atoms with Crippen molar-refractivity contribution in [1.82, 2.24) is 4.90 Å². The van der Waals surface area contributed by atoms with E-state index in [4.69, 9.17) is 4.74 Å². The van der Waals surface area contributed by atoms with Crippen molar-refractivity contribution < 1.29 is 9.13 Å². The summed E-state index contributed by atoms with van der Waals surface area (Å²) in [6, 6.07) is 14.5. The second-order valence-electron chi connectivity index (χ2n) is 6.01. The van der Waals surface area contributed by atoms with Gasteiger partial charge < -0.3 is 9.64 Å². The van der Waals surface area contributed by atoms with Crippen molar-refractivity contribution in [2.75, 3.05) is 26.2 Å². The highest BCUT2D eigenvalue weighted by atomic mass is 19.1. The highest BCUT2D eigenvalue weighted by Gasteiger charge is 2.01. The Balaban J connectivity index is 1.86. The predicted molar refractivity (Wildman–Crippen MR) is 104 cm³/mol. The Morgan fingerprint density at radius 2 is 1.64 bits per heavy atom. The Morgan fingerprint density at radius 1 is 0.920 bits per heavy atom. The van der Waals surface area contributed by atoms with Crippen LogP contribution in [0, 0.1) is 5.82 Å². The van der Waals surface area contributed by atoms with Crippen LogP contribution in [0.5, 0.6) is 5.75 Å². The molecule has 0 aliphatic carbocycles. The molecule has 0 N–H and O–H groups in total. The Kier molecular flexibility index (Phi) is 8.20. The first kappa shape index (κ1) is 19.2. The smallest absolute Gasteiger partial charge is 0.126 e. The van der Waals surface area contributed by atoms with Gasteiger partial charge >= 0.3 is 0 Å². The molecule has 3 heteroatoms. The molecule has 0 saturated carbocycles. The molecule has 0 bridgehead atoms. The van der Waals surface area contributed by atoms with Gasteiger partial charge in [-0.05, 0) is 56.2 Å². The van der Waals surface area contributed by atoms with Crippen LogP contribution in [-0.2, 0) is 0 Å². The van der Waals surface area contributed by atoms with Gasteiger partial charge in [-0.2, -0.15) is 0 Å². The van der Waals surface area contributed by atoms with Crippen molar-refractivity contribution >= 4 is 12.2 Å². The third kappa shape index (κ3) is 6.71. The number of nitrogens with zero attached hydrogens (tertiary/aromatic N) is 1. The molecule has 0 aliphatic heterocycles. The molecule has 2 nitrogen and oxygen atoms in total. The van der Waals surface area contributed by atoms with Crippen LogP contribution in [0.3, 0.4) is 0 Å². The van der Waals surface area contributed by atoms with Crippen LogP contribution in [0.1, 0.15) is 37.8 Å². The van der Waals surface area contributed by atoms with Crippen molar-refractivity contribution in [3.8, 4) is 5.75 Å². The fraction of sp³-hybridized carbons (Fsp3) is 0.364. The van der Waals surface area contributed by atoms with Gasteiger partial charge in [-0.25, -0.2) is 4.39 Å². The number of ether oxygens (including phenoxy) is 1. The summed E-state index contributed by atoms with van der Waals surface area (Å²) in [6.45, 7) is 8.46. The van der Waals surface area contributed by atoms with E-state index in [1.165, 1.54) is 12.1 Å². The van der Waals surface area contributed by atoms with Crippen LogP contribution in [-0.4, -0.2) is 31.1 Å². The van der Waals surface area contributed by atoms with Crippen LogP contribution in [0.25, 0.3) is 12.2 Å². The summed E-state index contributed by atoms with van der Waals surface area (Å²) in [5.41, 5.74) is 2.01. The fourth-order valence-corrected chi connectivity index (χ4v) is 2.67. The van der Waals surface area contributed by atoms with Gasteiger partial charge in [0.1, 0.15) is 11.6 Å². The molecular formula is C22H28FNO. The zero-order valence-electron chi connectivity index (χ0n) is 15.2. The lowest BCUT2D eigenvalue weighted by Gasteiger charge is -2.17. The number of unbranched alkanes of at least 4 members (excludes halogenated alkanes) is 1. The van der Waals surface area contributed by atoms with Gasteiger partial charge in [-0.3, -0.25) is 0 Å². The molecule has 0 fully saturated rings. The fourth-order valence-electron chi connectivity index (χ4n) is 2.67. The van der Waals surface area contributed by atoms with Gasteiger partial charge in [0.25, 0.3) is 0 Å². The zero-order chi connectivity index (χ0) is 17.9. The van der Waals surface area contributed by atoms with Gasteiger partial charge in [-0.15, -0.1) is 0 Å². The summed E-state index contributed by atoms with van der Waals surface area (Å²) < 4.78 is 18.9. The Morgan fingerprint density at radius 3 is 2.36 bits per heavy atom. The second kappa shape index (κ2) is 10.7. The molecule has 0 saturated heterocycles. The summed E-state index contributed by atoms with van der Waals surface area (Å²) in [4.78, 5) is 2.43. The number of rotatable bonds is 10. The van der Waals surface area contributed by atoms with E-state index in [2.05, 4.69) is 18.7 Å². The lowest BCUT2D eigenvalue weighted by atomic mass is 10.1. The predicted octanol–water partition coefficient (Wildman–Crippen LogP) is 5.50. The molecule has 0 spiro atoms. The van der Waals surface area contributed by atoms with Crippen molar-refractivity contribution in [1.29, 1.82) is 0 Å². The quantitative estimate of drug-likeness (QED) is 0.418. The SMILES string of the molecule is CCN(CC)CCCCOc1ccccc1/C=C/c1ccc(F)cc1. The number of benzene rings is 2. The minimum absolute atomic E-state index is 0.217. The number of hydrogen-bond acceptors (Lipinski definition) is 2. The van der Waals surface area contributed by atoms with Crippen molar-refractivity contribution in [2.45, 2.75) is 26.7 Å². The molecule has 0 aliphatic rings. The second-order valence-corrected chi connectivity index (χ2v) is 6.01. The normalized spacial score (nSPS) is 11.4. The Bertz CT molecular complexity index is 647. The van der Waals surface area contributed by atoms with E-state index < -0.39 is 0 Å². The van der Waals surface area contributed by atoms with E-state index in [1.54, 1.807) is 12.1 Å². The van der Waals surface area contributed by atoms with Gasteiger partial charge in [0.05, 0.1) is 6.61 Å². The van der Waals surface area contributed by atoms with Crippen LogP contribution in [0.15, 0.2) is 48.5 Å². The molecule has 0 radical (unpaired) electrons. The molecule has 134 valence electrons. The maximum absolute atomic E-state index is 13.0. The number of halogens is 1. The van der Waals surface area contributed by atoms with E-state index in [-0.39, 0.29) is 5.82 Å². The summed E-state index contributed by atoms with van der Waals surface area (Å²) in [7, 11) is 0. The Hall–Kier alpha value is -2.13. The average molecular weight is 341 g/mol. The van der Waals surface area contributed by atoms with Gasteiger partial charge in [-0.1, -0.05) is 56.3 Å². The van der Waals surface area contributed by atoms with E-state index in [0.717, 1.165) is 56.0 Å². The zero-order valence-corrected chi connectivity index (χ0v) is 15.2. The first-order valence-corrected chi connectivity index (χ1v) is 9.10. The molecule has 0 unspecified atom stereocenters. The van der Waals surface area contributed by atoms with Crippen molar-refractivity contribution in [3.63, 3.8) is 0 Å². The maximum Gasteiger partial charge on any atom is 0.126 e. The highest BCUT2D eigenvalue weighted by Crippen LogP contribution is 2.21. The van der Waals surface area contributed by atoms with E-state index >= 15 is 0 Å². The summed E-state index contributed by atoms with van der Waals surface area (Å²) in [5, 5.41) is 0. The van der Waals surface area contributed by atoms with Crippen molar-refractivity contribution in [2.24, 2.45) is 0 Å². The molecule has 0 heterocycles. The summed E-state index contributed by atoms with van der Waals surface area (Å²) in [6.07, 6.45) is 6.18. The third-order valence-corrected chi connectivity index (χ3v) is 4.27. The first-order valence-electron chi connectivity index (χ1n) is 9.10. The topological polar surface area (TPSA) is 12.5 Å². The molecule has 0 aromatic heterocycles. The molecular weight excluding hydrogens is 313 g/mol. The molecule has 0 atom stereocenters. The highest BCUT2D eigenvalue weighted by molar-refractivity contribution is 5.72. The van der Waals surface area contributed by atoms with E-state index in [0.29, 0.717) is 0 Å². The van der Waals surface area contributed by atoms with Gasteiger partial charge in [0.2, 0.25) is 0 Å². The monoisotopic (exact) mass is 341 g/mol. The molecule has 2 aromatic carbocycles. The van der Waals surface area contributed by atoms with Crippen LogP contribution in [0.2, 0.25) is 0 Å². The largest absolute Gasteiger partial charge is 0.493 e. The van der Waals surface area contributed by atoms with Crippen LogP contribution in [0.4, 0.5) is 4.39 Å². The Labute approximate surface area is 150 Å². The first-order chi connectivity index (χ1) is 12.2. The molecule has 0 amide bonds. The number of hydrogen-bond donors (Lipinski definition) is 0. The van der Waals surface area contributed by atoms with Gasteiger partial charge in [0.15, 0.2) is 0 Å². The summed E-state index contributed by atoms with van der Waals surface area (Å²) >= 11 is 0. The minimum Gasteiger partial charge on any atom is -0.493 e. The van der Waals surface area contributed by atoms with Gasteiger partial charge in [0, 0.05) is 5.56 Å². The molecule has 2 rings (SSSR count). The van der Waals surface area contributed by atoms with Crippen molar-refractivity contribution in [3.05, 3.63) is 65.5 Å². The average Bonchev–Trinajstić information content (AvgIpc) is 2.65. The lowest BCUT2D eigenvalue weighted by Crippen LogP contribution is -2.24. The lowest BCUT2D eigenvalue weighted by molar-refractivity contribution is 0.266. The molecule has 25 heavy (non-hydrogen) atoms. The minimum atomic E-state index is -0.217. The number of para-hydroxylation sites is 1. The third-order valence-electron chi connectivity index (χ3n) is 4.27.